The fourth-order valence-corrected chi connectivity index (χ4v) is 2.39. The lowest BCUT2D eigenvalue weighted by Crippen LogP contribution is -2.48. The summed E-state index contributed by atoms with van der Waals surface area (Å²) in [5.41, 5.74) is 0.0929. The normalized spacial score (nSPS) is 23.6. The van der Waals surface area contributed by atoms with Crippen LogP contribution >= 0.6 is 0 Å². The Bertz CT molecular complexity index is 184. The van der Waals surface area contributed by atoms with Crippen molar-refractivity contribution < 1.29 is 9.84 Å². The minimum Gasteiger partial charge on any atom is -0.396 e. The van der Waals surface area contributed by atoms with Gasteiger partial charge in [-0.2, -0.15) is 0 Å². The van der Waals surface area contributed by atoms with E-state index in [0.29, 0.717) is 12.7 Å². The number of aliphatic hydroxyl groups excluding tert-OH is 1. The molecule has 1 unspecified atom stereocenters. The van der Waals surface area contributed by atoms with Crippen LogP contribution in [0.2, 0.25) is 0 Å². The van der Waals surface area contributed by atoms with Gasteiger partial charge in [0, 0.05) is 31.7 Å². The predicted octanol–water partition coefficient (Wildman–Crippen LogP) is 1.90. The highest BCUT2D eigenvalue weighted by molar-refractivity contribution is 4.82. The standard InChI is InChI=1S/C13H27NO2/c1-4-12-9-14(7-8-16-12)10-13(5-2,6-3)11-15/h12,15H,4-11H2,1-3H3. The van der Waals surface area contributed by atoms with E-state index >= 15 is 0 Å². The Morgan fingerprint density at radius 2 is 2.00 bits per heavy atom. The van der Waals surface area contributed by atoms with Crippen LogP contribution in [0.25, 0.3) is 0 Å². The molecule has 1 saturated heterocycles. The van der Waals surface area contributed by atoms with E-state index in [-0.39, 0.29) is 5.41 Å². The molecule has 0 spiro atoms. The summed E-state index contributed by atoms with van der Waals surface area (Å²) in [4.78, 5) is 2.46. The number of ether oxygens (including phenoxy) is 1. The van der Waals surface area contributed by atoms with Crippen LogP contribution in [0.15, 0.2) is 0 Å². The second kappa shape index (κ2) is 6.58. The molecule has 1 aliphatic heterocycles. The third-order valence-electron chi connectivity index (χ3n) is 4.07. The zero-order valence-corrected chi connectivity index (χ0v) is 11.0. The topological polar surface area (TPSA) is 32.7 Å². The van der Waals surface area contributed by atoms with Crippen molar-refractivity contribution in [1.29, 1.82) is 0 Å². The lowest BCUT2D eigenvalue weighted by atomic mass is 9.82. The van der Waals surface area contributed by atoms with Crippen LogP contribution in [0.5, 0.6) is 0 Å². The highest BCUT2D eigenvalue weighted by atomic mass is 16.5. The van der Waals surface area contributed by atoms with Gasteiger partial charge in [0.2, 0.25) is 0 Å². The molecule has 1 fully saturated rings. The van der Waals surface area contributed by atoms with Crippen LogP contribution < -0.4 is 0 Å². The molecule has 1 atom stereocenters. The van der Waals surface area contributed by atoms with Gasteiger partial charge < -0.3 is 9.84 Å². The van der Waals surface area contributed by atoms with Crippen molar-refractivity contribution in [2.75, 3.05) is 32.8 Å². The minimum atomic E-state index is 0.0929. The van der Waals surface area contributed by atoms with Crippen LogP contribution in [-0.2, 0) is 4.74 Å². The summed E-state index contributed by atoms with van der Waals surface area (Å²) in [5, 5.41) is 9.57. The Labute approximate surface area is 99.8 Å². The van der Waals surface area contributed by atoms with Crippen molar-refractivity contribution in [3.8, 4) is 0 Å². The summed E-state index contributed by atoms with van der Waals surface area (Å²) in [6, 6.07) is 0. The second-order valence-corrected chi connectivity index (χ2v) is 5.00. The molecule has 0 aromatic rings. The molecule has 3 nitrogen and oxygen atoms in total. The Kier molecular flexibility index (Phi) is 5.73. The third-order valence-corrected chi connectivity index (χ3v) is 4.07. The molecule has 3 heteroatoms. The summed E-state index contributed by atoms with van der Waals surface area (Å²) in [7, 11) is 0. The van der Waals surface area contributed by atoms with Crippen LogP contribution in [0.1, 0.15) is 40.0 Å². The molecule has 1 aliphatic rings. The van der Waals surface area contributed by atoms with E-state index in [4.69, 9.17) is 4.74 Å². The molecule has 0 aromatic carbocycles. The predicted molar refractivity (Wildman–Crippen MR) is 66.6 cm³/mol. The van der Waals surface area contributed by atoms with Gasteiger partial charge in [-0.3, -0.25) is 4.90 Å². The smallest absolute Gasteiger partial charge is 0.0700 e. The van der Waals surface area contributed by atoms with Crippen LogP contribution in [0.3, 0.4) is 0 Å². The Hall–Kier alpha value is -0.120. The maximum Gasteiger partial charge on any atom is 0.0700 e. The van der Waals surface area contributed by atoms with Gasteiger partial charge >= 0.3 is 0 Å². The number of rotatable bonds is 6. The van der Waals surface area contributed by atoms with Gasteiger partial charge in [-0.1, -0.05) is 20.8 Å². The second-order valence-electron chi connectivity index (χ2n) is 5.00. The van der Waals surface area contributed by atoms with Crippen LogP contribution in [0.4, 0.5) is 0 Å². The molecule has 16 heavy (non-hydrogen) atoms. The zero-order chi connectivity index (χ0) is 12.0. The number of morpholine rings is 1. The molecule has 96 valence electrons. The summed E-state index contributed by atoms with van der Waals surface area (Å²) in [6.07, 6.45) is 3.57. The van der Waals surface area contributed by atoms with E-state index in [1.807, 2.05) is 0 Å². The monoisotopic (exact) mass is 229 g/mol. The highest BCUT2D eigenvalue weighted by Gasteiger charge is 2.30. The average molecular weight is 229 g/mol. The number of aliphatic hydroxyl groups is 1. The molecule has 1 rings (SSSR count). The van der Waals surface area contributed by atoms with E-state index in [1.165, 1.54) is 0 Å². The molecule has 0 amide bonds. The lowest BCUT2D eigenvalue weighted by molar-refractivity contribution is -0.0499. The zero-order valence-electron chi connectivity index (χ0n) is 11.0. The first-order chi connectivity index (χ1) is 7.69. The van der Waals surface area contributed by atoms with Crippen molar-refractivity contribution in [2.24, 2.45) is 5.41 Å². The first-order valence-electron chi connectivity index (χ1n) is 6.64. The number of nitrogens with zero attached hydrogens (tertiary/aromatic N) is 1. The van der Waals surface area contributed by atoms with Crippen molar-refractivity contribution in [1.82, 2.24) is 4.90 Å². The molecule has 1 N–H and O–H groups in total. The largest absolute Gasteiger partial charge is 0.396 e. The Balaban J connectivity index is 2.50. The summed E-state index contributed by atoms with van der Waals surface area (Å²) >= 11 is 0. The molecule has 0 saturated carbocycles. The van der Waals surface area contributed by atoms with Gasteiger partial charge in [-0.25, -0.2) is 0 Å². The van der Waals surface area contributed by atoms with Gasteiger partial charge in [-0.05, 0) is 19.3 Å². The van der Waals surface area contributed by atoms with Gasteiger partial charge in [0.05, 0.1) is 12.7 Å². The maximum absolute atomic E-state index is 9.57. The van der Waals surface area contributed by atoms with Crippen LogP contribution in [0, 0.1) is 5.41 Å². The summed E-state index contributed by atoms with van der Waals surface area (Å²) < 4.78 is 5.67. The molecule has 0 aliphatic carbocycles. The van der Waals surface area contributed by atoms with E-state index < -0.39 is 0 Å². The van der Waals surface area contributed by atoms with E-state index in [2.05, 4.69) is 25.7 Å². The Morgan fingerprint density at radius 1 is 1.31 bits per heavy atom. The minimum absolute atomic E-state index is 0.0929. The SMILES string of the molecule is CCC1CN(CC(CC)(CC)CO)CCO1. The molecule has 0 radical (unpaired) electrons. The summed E-state index contributed by atoms with van der Waals surface area (Å²) in [5.74, 6) is 0. The van der Waals surface area contributed by atoms with Gasteiger partial charge in [0.1, 0.15) is 0 Å². The fraction of sp³-hybridized carbons (Fsp3) is 1.00. The maximum atomic E-state index is 9.57. The molecular weight excluding hydrogens is 202 g/mol. The number of hydrogen-bond acceptors (Lipinski definition) is 3. The van der Waals surface area contributed by atoms with E-state index in [1.54, 1.807) is 0 Å². The van der Waals surface area contributed by atoms with Gasteiger partial charge in [0.15, 0.2) is 0 Å². The fourth-order valence-electron chi connectivity index (χ4n) is 2.39. The van der Waals surface area contributed by atoms with E-state index in [0.717, 1.165) is 45.5 Å². The van der Waals surface area contributed by atoms with Crippen LogP contribution in [-0.4, -0.2) is 49.0 Å². The molecule has 1 heterocycles. The van der Waals surface area contributed by atoms with Crippen molar-refractivity contribution in [3.63, 3.8) is 0 Å². The average Bonchev–Trinajstić information content (AvgIpc) is 2.36. The molecule has 0 bridgehead atoms. The van der Waals surface area contributed by atoms with E-state index in [9.17, 15) is 5.11 Å². The van der Waals surface area contributed by atoms with Gasteiger partial charge in [-0.15, -0.1) is 0 Å². The first kappa shape index (κ1) is 13.9. The quantitative estimate of drug-likeness (QED) is 0.755. The number of hydrogen-bond donors (Lipinski definition) is 1. The summed E-state index contributed by atoms with van der Waals surface area (Å²) in [6.45, 7) is 10.7. The van der Waals surface area contributed by atoms with Crippen molar-refractivity contribution in [2.45, 2.75) is 46.1 Å². The first-order valence-corrected chi connectivity index (χ1v) is 6.64. The Morgan fingerprint density at radius 3 is 2.50 bits per heavy atom. The van der Waals surface area contributed by atoms with Gasteiger partial charge in [0.25, 0.3) is 0 Å². The lowest BCUT2D eigenvalue weighted by Gasteiger charge is -2.39. The molecule has 0 aromatic heterocycles. The molecular formula is C13H27NO2. The third kappa shape index (κ3) is 3.44. The van der Waals surface area contributed by atoms with Crippen molar-refractivity contribution in [3.05, 3.63) is 0 Å². The van der Waals surface area contributed by atoms with Crippen molar-refractivity contribution >= 4 is 0 Å². The highest BCUT2D eigenvalue weighted by Crippen LogP contribution is 2.27.